The van der Waals surface area contributed by atoms with Crippen LogP contribution in [0.3, 0.4) is 0 Å². The molecular formula is C14H17Cl2NO2. The summed E-state index contributed by atoms with van der Waals surface area (Å²) in [5.41, 5.74) is 0.509. The predicted octanol–water partition coefficient (Wildman–Crippen LogP) is 3.29. The molecule has 1 aromatic carbocycles. The first-order chi connectivity index (χ1) is 9.09. The zero-order chi connectivity index (χ0) is 13.8. The minimum atomic E-state index is 0.0335. The molecule has 1 aromatic rings. The van der Waals surface area contributed by atoms with E-state index in [9.17, 15) is 4.79 Å². The van der Waals surface area contributed by atoms with Crippen LogP contribution < -0.4 is 0 Å². The number of ketones is 1. The first-order valence-corrected chi connectivity index (χ1v) is 7.14. The summed E-state index contributed by atoms with van der Waals surface area (Å²) >= 11 is 12.0. The number of ether oxygens (including phenoxy) is 1. The summed E-state index contributed by atoms with van der Waals surface area (Å²) in [6.45, 7) is 5.17. The molecule has 0 saturated carbocycles. The molecule has 0 bridgehead atoms. The normalized spacial score (nSPS) is 20.5. The van der Waals surface area contributed by atoms with Gasteiger partial charge in [0.1, 0.15) is 0 Å². The molecule has 1 heterocycles. The number of halogens is 2. The van der Waals surface area contributed by atoms with Crippen molar-refractivity contribution in [2.24, 2.45) is 0 Å². The fraction of sp³-hybridized carbons (Fsp3) is 0.500. The molecule has 0 spiro atoms. The van der Waals surface area contributed by atoms with E-state index >= 15 is 0 Å². The summed E-state index contributed by atoms with van der Waals surface area (Å²) in [6.07, 6.45) is 0.449. The van der Waals surface area contributed by atoms with Crippen molar-refractivity contribution in [2.45, 2.75) is 19.4 Å². The van der Waals surface area contributed by atoms with Crippen molar-refractivity contribution in [3.05, 3.63) is 33.8 Å². The number of hydrogen-bond donors (Lipinski definition) is 0. The summed E-state index contributed by atoms with van der Waals surface area (Å²) in [6, 6.07) is 5.51. The Hall–Kier alpha value is -0.610. The molecule has 0 amide bonds. The van der Waals surface area contributed by atoms with Crippen LogP contribution in [0.1, 0.15) is 23.7 Å². The van der Waals surface area contributed by atoms with Gasteiger partial charge in [0.2, 0.25) is 0 Å². The van der Waals surface area contributed by atoms with Crippen LogP contribution in [0.2, 0.25) is 10.0 Å². The van der Waals surface area contributed by atoms with E-state index in [1.165, 1.54) is 0 Å². The van der Waals surface area contributed by atoms with E-state index in [1.54, 1.807) is 18.2 Å². The monoisotopic (exact) mass is 301 g/mol. The molecule has 1 fully saturated rings. The number of carbonyl (C=O) groups is 1. The van der Waals surface area contributed by atoms with Crippen LogP contribution in [-0.4, -0.2) is 43.0 Å². The van der Waals surface area contributed by atoms with E-state index in [0.29, 0.717) is 28.1 Å². The molecule has 1 saturated heterocycles. The van der Waals surface area contributed by atoms with Crippen molar-refractivity contribution in [2.75, 3.05) is 26.3 Å². The van der Waals surface area contributed by atoms with Gasteiger partial charge < -0.3 is 4.74 Å². The van der Waals surface area contributed by atoms with Crippen molar-refractivity contribution in [1.29, 1.82) is 0 Å². The molecule has 2 rings (SSSR count). The Morgan fingerprint density at radius 2 is 2.26 bits per heavy atom. The van der Waals surface area contributed by atoms with E-state index in [2.05, 4.69) is 11.8 Å². The van der Waals surface area contributed by atoms with E-state index in [4.69, 9.17) is 27.9 Å². The van der Waals surface area contributed by atoms with Crippen molar-refractivity contribution in [1.82, 2.24) is 4.90 Å². The number of nitrogens with zero attached hydrogens (tertiary/aromatic N) is 1. The maximum Gasteiger partial charge on any atom is 0.165 e. The molecule has 1 aliphatic rings. The zero-order valence-electron chi connectivity index (χ0n) is 10.9. The van der Waals surface area contributed by atoms with Gasteiger partial charge in [-0.15, -0.1) is 0 Å². The van der Waals surface area contributed by atoms with Gasteiger partial charge >= 0.3 is 0 Å². The zero-order valence-corrected chi connectivity index (χ0v) is 12.4. The summed E-state index contributed by atoms with van der Waals surface area (Å²) < 4.78 is 5.37. The Morgan fingerprint density at radius 3 is 3.00 bits per heavy atom. The van der Waals surface area contributed by atoms with Crippen molar-refractivity contribution in [3.63, 3.8) is 0 Å². The molecule has 1 unspecified atom stereocenters. The molecule has 1 aliphatic heterocycles. The molecule has 1 atom stereocenters. The van der Waals surface area contributed by atoms with Crippen molar-refractivity contribution < 1.29 is 9.53 Å². The lowest BCUT2D eigenvalue weighted by Gasteiger charge is -2.32. The number of hydrogen-bond acceptors (Lipinski definition) is 3. The highest BCUT2D eigenvalue weighted by atomic mass is 35.5. The summed E-state index contributed by atoms with van der Waals surface area (Å²) in [5.74, 6) is 0.0335. The average molecular weight is 302 g/mol. The van der Waals surface area contributed by atoms with Crippen LogP contribution in [0.5, 0.6) is 0 Å². The van der Waals surface area contributed by atoms with Crippen LogP contribution in [0.25, 0.3) is 0 Å². The molecule has 3 nitrogen and oxygen atoms in total. The number of carbonyl (C=O) groups excluding carboxylic acids is 1. The fourth-order valence-corrected chi connectivity index (χ4v) is 2.60. The van der Waals surface area contributed by atoms with Gasteiger partial charge in [-0.3, -0.25) is 9.69 Å². The van der Waals surface area contributed by atoms with Crippen LogP contribution in [0.15, 0.2) is 18.2 Å². The predicted molar refractivity (Wildman–Crippen MR) is 77.3 cm³/mol. The largest absolute Gasteiger partial charge is 0.379 e. The number of Topliss-reactive ketones (excluding diaryl/α,β-unsaturated/α-hetero) is 1. The second-order valence-electron chi connectivity index (χ2n) is 4.73. The van der Waals surface area contributed by atoms with Crippen LogP contribution in [-0.2, 0) is 4.74 Å². The lowest BCUT2D eigenvalue weighted by Crippen LogP contribution is -2.44. The summed E-state index contributed by atoms with van der Waals surface area (Å²) in [4.78, 5) is 14.4. The van der Waals surface area contributed by atoms with E-state index in [-0.39, 0.29) is 5.78 Å². The number of morpholine rings is 1. The molecule has 0 aliphatic carbocycles. The molecule has 19 heavy (non-hydrogen) atoms. The topological polar surface area (TPSA) is 29.5 Å². The highest BCUT2D eigenvalue weighted by molar-refractivity contribution is 6.43. The van der Waals surface area contributed by atoms with Crippen LogP contribution in [0, 0.1) is 0 Å². The smallest absolute Gasteiger partial charge is 0.165 e. The maximum absolute atomic E-state index is 12.2. The maximum atomic E-state index is 12.2. The first kappa shape index (κ1) is 14.8. The average Bonchev–Trinajstić information content (AvgIpc) is 2.40. The van der Waals surface area contributed by atoms with Gasteiger partial charge in [0.05, 0.1) is 23.3 Å². The molecule has 0 radical (unpaired) electrons. The Kier molecular flexibility index (Phi) is 5.22. The standard InChI is InChI=1S/C14H17Cl2NO2/c1-10-9-19-8-7-17(10)6-5-13(18)11-3-2-4-12(15)14(11)16/h2-4,10H,5-9H2,1H3. The number of benzene rings is 1. The second-order valence-corrected chi connectivity index (χ2v) is 5.52. The van der Waals surface area contributed by atoms with E-state index < -0.39 is 0 Å². The molecule has 0 aromatic heterocycles. The molecule has 5 heteroatoms. The van der Waals surface area contributed by atoms with E-state index in [1.807, 2.05) is 0 Å². The highest BCUT2D eigenvalue weighted by Gasteiger charge is 2.20. The summed E-state index contributed by atoms with van der Waals surface area (Å²) in [5, 5.41) is 0.774. The Labute approximate surface area is 123 Å². The van der Waals surface area contributed by atoms with Gasteiger partial charge in [0, 0.05) is 31.1 Å². The molecular weight excluding hydrogens is 285 g/mol. The van der Waals surface area contributed by atoms with Crippen molar-refractivity contribution in [3.8, 4) is 0 Å². The van der Waals surface area contributed by atoms with Crippen LogP contribution >= 0.6 is 23.2 Å². The minimum absolute atomic E-state index is 0.0335. The van der Waals surface area contributed by atoms with Crippen molar-refractivity contribution >= 4 is 29.0 Å². The van der Waals surface area contributed by atoms with Gasteiger partial charge in [0.25, 0.3) is 0 Å². The fourth-order valence-electron chi connectivity index (χ4n) is 2.19. The molecule has 104 valence electrons. The Morgan fingerprint density at radius 1 is 1.47 bits per heavy atom. The summed E-state index contributed by atoms with van der Waals surface area (Å²) in [7, 11) is 0. The van der Waals surface area contributed by atoms with Gasteiger partial charge in [-0.05, 0) is 19.1 Å². The second kappa shape index (κ2) is 6.71. The SMILES string of the molecule is CC1COCCN1CCC(=O)c1cccc(Cl)c1Cl. The quantitative estimate of drug-likeness (QED) is 0.799. The van der Waals surface area contributed by atoms with Gasteiger partial charge in [-0.1, -0.05) is 29.3 Å². The Bertz CT molecular complexity index is 465. The molecule has 0 N–H and O–H groups in total. The minimum Gasteiger partial charge on any atom is -0.379 e. The lowest BCUT2D eigenvalue weighted by molar-refractivity contribution is -0.000207. The van der Waals surface area contributed by atoms with Crippen LogP contribution in [0.4, 0.5) is 0 Å². The third kappa shape index (κ3) is 3.69. The Balaban J connectivity index is 1.95. The number of rotatable bonds is 4. The van der Waals surface area contributed by atoms with Gasteiger partial charge in [0.15, 0.2) is 5.78 Å². The van der Waals surface area contributed by atoms with Gasteiger partial charge in [-0.25, -0.2) is 0 Å². The third-order valence-electron chi connectivity index (χ3n) is 3.38. The highest BCUT2D eigenvalue weighted by Crippen LogP contribution is 2.26. The lowest BCUT2D eigenvalue weighted by atomic mass is 10.1. The van der Waals surface area contributed by atoms with Gasteiger partial charge in [-0.2, -0.15) is 0 Å². The van der Waals surface area contributed by atoms with E-state index in [0.717, 1.165) is 26.3 Å². The third-order valence-corrected chi connectivity index (χ3v) is 4.20. The first-order valence-electron chi connectivity index (χ1n) is 6.38.